The van der Waals surface area contributed by atoms with Crippen LogP contribution in [0.2, 0.25) is 5.02 Å². The van der Waals surface area contributed by atoms with Crippen LogP contribution < -0.4 is 5.32 Å². The highest BCUT2D eigenvalue weighted by molar-refractivity contribution is 6.30. The van der Waals surface area contributed by atoms with Gasteiger partial charge in [0, 0.05) is 49.0 Å². The Morgan fingerprint density at radius 3 is 3.14 bits per heavy atom. The topological polar surface area (TPSA) is 61.0 Å². The first-order valence-corrected chi connectivity index (χ1v) is 7.81. The van der Waals surface area contributed by atoms with E-state index < -0.39 is 0 Å². The fraction of sp³-hybridized carbons (Fsp3) is 0.375. The summed E-state index contributed by atoms with van der Waals surface area (Å²) in [5.41, 5.74) is 2.19. The number of benzene rings is 1. The van der Waals surface area contributed by atoms with Crippen molar-refractivity contribution in [3.8, 4) is 0 Å². The van der Waals surface area contributed by atoms with Gasteiger partial charge >= 0.3 is 0 Å². The van der Waals surface area contributed by atoms with Gasteiger partial charge in [-0.25, -0.2) is 4.98 Å². The second-order valence-electron chi connectivity index (χ2n) is 5.58. The Kier molecular flexibility index (Phi) is 4.75. The third kappa shape index (κ3) is 3.87. The molecule has 2 heterocycles. The van der Waals surface area contributed by atoms with Crippen molar-refractivity contribution in [2.45, 2.75) is 25.4 Å². The molecule has 5 nitrogen and oxygen atoms in total. The van der Waals surface area contributed by atoms with Crippen LogP contribution in [0.1, 0.15) is 17.7 Å². The SMILES string of the molecule is O=C1C[C@@H](NCc2cnc[nH]2)CN1CCc1cccc(Cl)c1. The summed E-state index contributed by atoms with van der Waals surface area (Å²) >= 11 is 5.98. The van der Waals surface area contributed by atoms with Crippen LogP contribution >= 0.6 is 11.6 Å². The molecule has 0 radical (unpaired) electrons. The number of hydrogen-bond donors (Lipinski definition) is 2. The van der Waals surface area contributed by atoms with Crippen LogP contribution in [0.3, 0.4) is 0 Å². The molecule has 1 atom stereocenters. The van der Waals surface area contributed by atoms with E-state index in [0.717, 1.165) is 35.8 Å². The molecule has 0 aliphatic carbocycles. The quantitative estimate of drug-likeness (QED) is 0.856. The first-order chi connectivity index (χ1) is 10.7. The zero-order valence-corrected chi connectivity index (χ0v) is 13.0. The summed E-state index contributed by atoms with van der Waals surface area (Å²) in [6.07, 6.45) is 4.85. The number of H-pyrrole nitrogens is 1. The molecule has 2 aromatic rings. The number of nitrogens with one attached hydrogen (secondary N) is 2. The van der Waals surface area contributed by atoms with Gasteiger partial charge in [0.15, 0.2) is 0 Å². The highest BCUT2D eigenvalue weighted by Crippen LogP contribution is 2.15. The standard InChI is InChI=1S/C16H19ClN4O/c17-13-3-1-2-12(6-13)4-5-21-10-14(7-16(21)22)19-9-15-8-18-11-20-15/h1-3,6,8,11,14,19H,4-5,7,9-10H2,(H,18,20)/t14-/m1/s1. The lowest BCUT2D eigenvalue weighted by molar-refractivity contribution is -0.127. The molecule has 1 amide bonds. The number of aromatic amines is 1. The van der Waals surface area contributed by atoms with Crippen molar-refractivity contribution in [1.29, 1.82) is 0 Å². The number of rotatable bonds is 6. The van der Waals surface area contributed by atoms with E-state index in [0.29, 0.717) is 13.0 Å². The molecule has 0 saturated carbocycles. The van der Waals surface area contributed by atoms with Crippen LogP contribution in [0, 0.1) is 0 Å². The molecule has 1 aliphatic rings. The van der Waals surface area contributed by atoms with E-state index in [1.807, 2.05) is 29.2 Å². The molecule has 1 aliphatic heterocycles. The molecule has 0 bridgehead atoms. The Bertz CT molecular complexity index is 629. The first kappa shape index (κ1) is 15.1. The third-order valence-electron chi connectivity index (χ3n) is 3.91. The van der Waals surface area contributed by atoms with Crippen LogP contribution in [0.15, 0.2) is 36.8 Å². The summed E-state index contributed by atoms with van der Waals surface area (Å²) in [5, 5.41) is 4.14. The summed E-state index contributed by atoms with van der Waals surface area (Å²) in [6.45, 7) is 2.20. The summed E-state index contributed by atoms with van der Waals surface area (Å²) in [6, 6.07) is 8.01. The van der Waals surface area contributed by atoms with Gasteiger partial charge in [0.1, 0.15) is 0 Å². The number of hydrogen-bond acceptors (Lipinski definition) is 3. The molecule has 1 fully saturated rings. The molecular weight excluding hydrogens is 300 g/mol. The Labute approximate surface area is 134 Å². The van der Waals surface area contributed by atoms with Gasteiger partial charge in [0.05, 0.1) is 6.33 Å². The normalized spacial score (nSPS) is 18.1. The number of carbonyl (C=O) groups is 1. The van der Waals surface area contributed by atoms with E-state index in [1.54, 1.807) is 12.5 Å². The number of aromatic nitrogens is 2. The summed E-state index contributed by atoms with van der Waals surface area (Å²) in [7, 11) is 0. The maximum atomic E-state index is 12.1. The molecule has 116 valence electrons. The Morgan fingerprint density at radius 1 is 1.45 bits per heavy atom. The zero-order chi connectivity index (χ0) is 15.4. The Balaban J connectivity index is 1.47. The van der Waals surface area contributed by atoms with Crippen LogP contribution in [0.4, 0.5) is 0 Å². The van der Waals surface area contributed by atoms with Gasteiger partial charge in [-0.1, -0.05) is 23.7 Å². The summed E-state index contributed by atoms with van der Waals surface area (Å²) in [4.78, 5) is 21.0. The smallest absolute Gasteiger partial charge is 0.224 e. The lowest BCUT2D eigenvalue weighted by Crippen LogP contribution is -2.33. The lowest BCUT2D eigenvalue weighted by Gasteiger charge is -2.17. The van der Waals surface area contributed by atoms with Gasteiger partial charge in [-0.05, 0) is 24.1 Å². The fourth-order valence-corrected chi connectivity index (χ4v) is 2.93. The second-order valence-corrected chi connectivity index (χ2v) is 6.01. The van der Waals surface area contributed by atoms with Crippen molar-refractivity contribution in [3.05, 3.63) is 53.1 Å². The van der Waals surface area contributed by atoms with E-state index in [-0.39, 0.29) is 11.9 Å². The van der Waals surface area contributed by atoms with E-state index in [4.69, 9.17) is 11.6 Å². The summed E-state index contributed by atoms with van der Waals surface area (Å²) in [5.74, 6) is 0.212. The number of carbonyl (C=O) groups excluding carboxylic acids is 1. The number of likely N-dealkylation sites (tertiary alicyclic amines) is 1. The predicted molar refractivity (Wildman–Crippen MR) is 85.6 cm³/mol. The third-order valence-corrected chi connectivity index (χ3v) is 4.15. The summed E-state index contributed by atoms with van der Waals surface area (Å²) < 4.78 is 0. The van der Waals surface area contributed by atoms with E-state index in [2.05, 4.69) is 15.3 Å². The highest BCUT2D eigenvalue weighted by atomic mass is 35.5. The van der Waals surface area contributed by atoms with Gasteiger partial charge in [-0.15, -0.1) is 0 Å². The Hall–Kier alpha value is -1.85. The molecule has 1 aromatic carbocycles. The minimum absolute atomic E-state index is 0.204. The van der Waals surface area contributed by atoms with Crippen LogP contribution in [-0.4, -0.2) is 39.9 Å². The van der Waals surface area contributed by atoms with E-state index in [9.17, 15) is 4.79 Å². The van der Waals surface area contributed by atoms with Gasteiger partial charge in [-0.2, -0.15) is 0 Å². The van der Waals surface area contributed by atoms with Crippen LogP contribution in [0.25, 0.3) is 0 Å². The average molecular weight is 319 g/mol. The fourth-order valence-electron chi connectivity index (χ4n) is 2.72. The van der Waals surface area contributed by atoms with Crippen molar-refractivity contribution in [2.75, 3.05) is 13.1 Å². The Morgan fingerprint density at radius 2 is 2.36 bits per heavy atom. The molecule has 0 unspecified atom stereocenters. The van der Waals surface area contributed by atoms with Crippen molar-refractivity contribution in [3.63, 3.8) is 0 Å². The maximum Gasteiger partial charge on any atom is 0.224 e. The van der Waals surface area contributed by atoms with Crippen molar-refractivity contribution >= 4 is 17.5 Å². The minimum atomic E-state index is 0.204. The lowest BCUT2D eigenvalue weighted by atomic mass is 10.1. The van der Waals surface area contributed by atoms with Crippen LogP contribution in [-0.2, 0) is 17.8 Å². The molecular formula is C16H19ClN4O. The average Bonchev–Trinajstić information content (AvgIpc) is 3.13. The number of imidazole rings is 1. The van der Waals surface area contributed by atoms with Gasteiger partial charge in [-0.3, -0.25) is 4.79 Å². The van der Waals surface area contributed by atoms with Gasteiger partial charge < -0.3 is 15.2 Å². The molecule has 0 spiro atoms. The predicted octanol–water partition coefficient (Wildman–Crippen LogP) is 2.00. The van der Waals surface area contributed by atoms with Crippen molar-refractivity contribution in [1.82, 2.24) is 20.2 Å². The van der Waals surface area contributed by atoms with E-state index in [1.165, 1.54) is 0 Å². The number of nitrogens with zero attached hydrogens (tertiary/aromatic N) is 2. The maximum absolute atomic E-state index is 12.1. The highest BCUT2D eigenvalue weighted by Gasteiger charge is 2.28. The van der Waals surface area contributed by atoms with E-state index >= 15 is 0 Å². The molecule has 1 saturated heterocycles. The number of halogens is 1. The minimum Gasteiger partial charge on any atom is -0.347 e. The largest absolute Gasteiger partial charge is 0.347 e. The van der Waals surface area contributed by atoms with Crippen LogP contribution in [0.5, 0.6) is 0 Å². The molecule has 3 rings (SSSR count). The monoisotopic (exact) mass is 318 g/mol. The first-order valence-electron chi connectivity index (χ1n) is 7.43. The number of amides is 1. The van der Waals surface area contributed by atoms with Crippen molar-refractivity contribution in [2.24, 2.45) is 0 Å². The molecule has 6 heteroatoms. The zero-order valence-electron chi connectivity index (χ0n) is 12.3. The molecule has 2 N–H and O–H groups in total. The van der Waals surface area contributed by atoms with Crippen molar-refractivity contribution < 1.29 is 4.79 Å². The molecule has 1 aromatic heterocycles. The molecule has 22 heavy (non-hydrogen) atoms. The van der Waals surface area contributed by atoms with Gasteiger partial charge in [0.2, 0.25) is 5.91 Å². The van der Waals surface area contributed by atoms with Gasteiger partial charge in [0.25, 0.3) is 0 Å². The second kappa shape index (κ2) is 6.94.